The molecule has 0 unspecified atom stereocenters. The van der Waals surface area contributed by atoms with Gasteiger partial charge in [-0.25, -0.2) is 4.98 Å². The average molecular weight is 257 g/mol. The first-order chi connectivity index (χ1) is 9.06. The Labute approximate surface area is 113 Å². The van der Waals surface area contributed by atoms with Crippen LogP contribution in [0.2, 0.25) is 0 Å². The zero-order chi connectivity index (χ0) is 13.8. The van der Waals surface area contributed by atoms with Crippen molar-refractivity contribution in [1.29, 1.82) is 0 Å². The van der Waals surface area contributed by atoms with E-state index in [1.165, 1.54) is 0 Å². The zero-order valence-electron chi connectivity index (χ0n) is 11.6. The summed E-state index contributed by atoms with van der Waals surface area (Å²) in [6, 6.07) is 7.88. The molecular formula is C15H19N3O. The molecule has 0 aliphatic rings. The van der Waals surface area contributed by atoms with Crippen molar-refractivity contribution in [3.63, 3.8) is 0 Å². The van der Waals surface area contributed by atoms with E-state index in [1.807, 2.05) is 31.2 Å². The molecule has 0 aliphatic carbocycles. The Morgan fingerprint density at radius 3 is 2.84 bits per heavy atom. The van der Waals surface area contributed by atoms with Crippen LogP contribution in [-0.2, 0) is 6.54 Å². The van der Waals surface area contributed by atoms with Crippen LogP contribution in [0.5, 0.6) is 0 Å². The van der Waals surface area contributed by atoms with E-state index in [9.17, 15) is 4.79 Å². The first-order valence-electron chi connectivity index (χ1n) is 6.45. The van der Waals surface area contributed by atoms with Crippen LogP contribution < -0.4 is 10.9 Å². The van der Waals surface area contributed by atoms with E-state index in [0.717, 1.165) is 11.3 Å². The number of rotatable bonds is 4. The summed E-state index contributed by atoms with van der Waals surface area (Å²) in [6.45, 7) is 6.88. The van der Waals surface area contributed by atoms with Crippen LogP contribution >= 0.6 is 0 Å². The van der Waals surface area contributed by atoms with Crippen molar-refractivity contribution in [1.82, 2.24) is 9.55 Å². The third-order valence-corrected chi connectivity index (χ3v) is 2.76. The van der Waals surface area contributed by atoms with Gasteiger partial charge in [-0.3, -0.25) is 4.79 Å². The molecule has 0 saturated heterocycles. The summed E-state index contributed by atoms with van der Waals surface area (Å²) in [6.07, 6.45) is 3.38. The zero-order valence-corrected chi connectivity index (χ0v) is 11.6. The fourth-order valence-electron chi connectivity index (χ4n) is 1.93. The first kappa shape index (κ1) is 13.3. The summed E-state index contributed by atoms with van der Waals surface area (Å²) in [4.78, 5) is 16.4. The fourth-order valence-corrected chi connectivity index (χ4v) is 1.93. The van der Waals surface area contributed by atoms with Crippen LogP contribution in [0.1, 0.15) is 19.4 Å². The van der Waals surface area contributed by atoms with Gasteiger partial charge in [0, 0.05) is 24.6 Å². The Morgan fingerprint density at radius 2 is 2.16 bits per heavy atom. The normalized spacial score (nSPS) is 10.7. The molecule has 0 saturated carbocycles. The SMILES string of the molecule is Cc1cccc(Nc2nccn(CC(C)C)c2=O)c1. The summed E-state index contributed by atoms with van der Waals surface area (Å²) in [5, 5.41) is 3.08. The molecule has 0 aliphatic heterocycles. The molecule has 1 heterocycles. The van der Waals surface area contributed by atoms with Crippen LogP contribution in [0, 0.1) is 12.8 Å². The second-order valence-electron chi connectivity index (χ2n) is 5.12. The molecule has 4 heteroatoms. The molecule has 1 aromatic carbocycles. The Balaban J connectivity index is 2.28. The predicted molar refractivity (Wildman–Crippen MR) is 77.8 cm³/mol. The van der Waals surface area contributed by atoms with E-state index in [2.05, 4.69) is 24.1 Å². The minimum atomic E-state index is -0.0855. The lowest BCUT2D eigenvalue weighted by Crippen LogP contribution is -2.24. The van der Waals surface area contributed by atoms with Crippen molar-refractivity contribution in [2.75, 3.05) is 5.32 Å². The predicted octanol–water partition coefficient (Wildman–Crippen LogP) is 2.95. The quantitative estimate of drug-likeness (QED) is 0.916. The van der Waals surface area contributed by atoms with Gasteiger partial charge in [0.05, 0.1) is 0 Å². The topological polar surface area (TPSA) is 46.9 Å². The molecule has 0 atom stereocenters. The van der Waals surface area contributed by atoms with Crippen molar-refractivity contribution < 1.29 is 0 Å². The fraction of sp³-hybridized carbons (Fsp3) is 0.333. The van der Waals surface area contributed by atoms with Gasteiger partial charge in [-0.1, -0.05) is 26.0 Å². The van der Waals surface area contributed by atoms with Crippen molar-refractivity contribution in [3.05, 3.63) is 52.6 Å². The number of hydrogen-bond donors (Lipinski definition) is 1. The maximum Gasteiger partial charge on any atom is 0.293 e. The van der Waals surface area contributed by atoms with E-state index in [0.29, 0.717) is 18.3 Å². The number of anilines is 2. The number of aromatic nitrogens is 2. The van der Waals surface area contributed by atoms with Crippen LogP contribution in [0.4, 0.5) is 11.5 Å². The number of hydrogen-bond acceptors (Lipinski definition) is 3. The Kier molecular flexibility index (Phi) is 4.00. The lowest BCUT2D eigenvalue weighted by atomic mass is 10.2. The van der Waals surface area contributed by atoms with E-state index >= 15 is 0 Å². The molecule has 1 N–H and O–H groups in total. The molecule has 1 aromatic heterocycles. The highest BCUT2D eigenvalue weighted by atomic mass is 16.1. The Hall–Kier alpha value is -2.10. The molecule has 0 amide bonds. The molecule has 2 aromatic rings. The minimum absolute atomic E-state index is 0.0855. The molecule has 2 rings (SSSR count). The summed E-state index contributed by atoms with van der Waals surface area (Å²) < 4.78 is 1.69. The second-order valence-corrected chi connectivity index (χ2v) is 5.12. The van der Waals surface area contributed by atoms with Crippen LogP contribution in [0.3, 0.4) is 0 Å². The summed E-state index contributed by atoms with van der Waals surface area (Å²) in [5.74, 6) is 0.792. The average Bonchev–Trinajstić information content (AvgIpc) is 2.34. The van der Waals surface area contributed by atoms with Crippen LogP contribution in [0.25, 0.3) is 0 Å². The molecule has 0 fully saturated rings. The lowest BCUT2D eigenvalue weighted by Gasteiger charge is -2.11. The number of benzene rings is 1. The summed E-state index contributed by atoms with van der Waals surface area (Å²) in [7, 11) is 0. The van der Waals surface area contributed by atoms with Crippen LogP contribution in [-0.4, -0.2) is 9.55 Å². The smallest absolute Gasteiger partial charge is 0.293 e. The van der Waals surface area contributed by atoms with E-state index < -0.39 is 0 Å². The summed E-state index contributed by atoms with van der Waals surface area (Å²) in [5.41, 5.74) is 1.94. The van der Waals surface area contributed by atoms with Gasteiger partial charge in [-0.05, 0) is 30.5 Å². The largest absolute Gasteiger partial charge is 0.336 e. The lowest BCUT2D eigenvalue weighted by molar-refractivity contribution is 0.510. The van der Waals surface area contributed by atoms with Gasteiger partial charge in [0.2, 0.25) is 0 Å². The van der Waals surface area contributed by atoms with Gasteiger partial charge >= 0.3 is 0 Å². The molecule has 19 heavy (non-hydrogen) atoms. The number of aryl methyl sites for hydroxylation is 1. The molecular weight excluding hydrogens is 238 g/mol. The molecule has 0 bridgehead atoms. The monoisotopic (exact) mass is 257 g/mol. The third-order valence-electron chi connectivity index (χ3n) is 2.76. The second kappa shape index (κ2) is 5.69. The van der Waals surface area contributed by atoms with Gasteiger partial charge in [-0.15, -0.1) is 0 Å². The molecule has 0 radical (unpaired) electrons. The van der Waals surface area contributed by atoms with Gasteiger partial charge in [-0.2, -0.15) is 0 Å². The Bertz CT molecular complexity index is 617. The highest BCUT2D eigenvalue weighted by Gasteiger charge is 2.06. The summed E-state index contributed by atoms with van der Waals surface area (Å²) >= 11 is 0. The van der Waals surface area contributed by atoms with Crippen LogP contribution in [0.15, 0.2) is 41.5 Å². The van der Waals surface area contributed by atoms with Crippen molar-refractivity contribution in [3.8, 4) is 0 Å². The van der Waals surface area contributed by atoms with E-state index in [1.54, 1.807) is 17.0 Å². The maximum atomic E-state index is 12.2. The van der Waals surface area contributed by atoms with Gasteiger partial charge in [0.1, 0.15) is 0 Å². The first-order valence-corrected chi connectivity index (χ1v) is 6.45. The van der Waals surface area contributed by atoms with Gasteiger partial charge < -0.3 is 9.88 Å². The van der Waals surface area contributed by atoms with Gasteiger partial charge in [0.25, 0.3) is 5.56 Å². The third kappa shape index (κ3) is 3.44. The van der Waals surface area contributed by atoms with E-state index in [4.69, 9.17) is 0 Å². The number of nitrogens with zero attached hydrogens (tertiary/aromatic N) is 2. The van der Waals surface area contributed by atoms with Crippen molar-refractivity contribution in [2.24, 2.45) is 5.92 Å². The van der Waals surface area contributed by atoms with Gasteiger partial charge in [0.15, 0.2) is 5.82 Å². The molecule has 0 spiro atoms. The Morgan fingerprint density at radius 1 is 1.37 bits per heavy atom. The number of nitrogens with one attached hydrogen (secondary N) is 1. The molecule has 4 nitrogen and oxygen atoms in total. The van der Waals surface area contributed by atoms with E-state index in [-0.39, 0.29) is 5.56 Å². The van der Waals surface area contributed by atoms with Crippen molar-refractivity contribution >= 4 is 11.5 Å². The highest BCUT2D eigenvalue weighted by molar-refractivity contribution is 5.55. The maximum absolute atomic E-state index is 12.2. The van der Waals surface area contributed by atoms with Crippen molar-refractivity contribution in [2.45, 2.75) is 27.3 Å². The minimum Gasteiger partial charge on any atom is -0.336 e. The highest BCUT2D eigenvalue weighted by Crippen LogP contribution is 2.13. The standard InChI is InChI=1S/C15H19N3O/c1-11(2)10-18-8-7-16-14(15(18)19)17-13-6-4-5-12(3)9-13/h4-9,11H,10H2,1-3H3,(H,16,17). The molecule has 100 valence electrons.